The zero-order valence-corrected chi connectivity index (χ0v) is 12.2. The molecule has 0 unspecified atom stereocenters. The van der Waals surface area contributed by atoms with E-state index in [1.807, 2.05) is 24.3 Å². The molecule has 22 heavy (non-hydrogen) atoms. The summed E-state index contributed by atoms with van der Waals surface area (Å²) in [5, 5.41) is 3.48. The van der Waals surface area contributed by atoms with Gasteiger partial charge >= 0.3 is 6.09 Å². The first-order valence-corrected chi connectivity index (χ1v) is 7.14. The van der Waals surface area contributed by atoms with Crippen LogP contribution in [0.4, 0.5) is 4.79 Å². The molecular formula is C16H16N2O4. The van der Waals surface area contributed by atoms with Crippen molar-refractivity contribution in [3.63, 3.8) is 0 Å². The number of para-hydroxylation sites is 1. The second kappa shape index (κ2) is 5.63. The number of aromatic nitrogens is 1. The number of fused-ring (bicyclic) bond motifs is 3. The number of benzene rings is 1. The third-order valence-corrected chi connectivity index (χ3v) is 3.89. The number of ketones is 1. The summed E-state index contributed by atoms with van der Waals surface area (Å²) in [6.45, 7) is 0.342. The molecule has 0 radical (unpaired) electrons. The molecule has 0 saturated carbocycles. The summed E-state index contributed by atoms with van der Waals surface area (Å²) in [7, 11) is 1.30. The smallest absolute Gasteiger partial charge is 0.406 e. The Labute approximate surface area is 127 Å². The highest BCUT2D eigenvalue weighted by atomic mass is 16.5. The molecule has 0 atom stereocenters. The number of alkyl carbamates (subject to hydrolysis) is 1. The first-order valence-electron chi connectivity index (χ1n) is 7.14. The number of ether oxygens (including phenoxy) is 1. The minimum atomic E-state index is -0.514. The minimum Gasteiger partial charge on any atom is -0.453 e. The molecule has 0 bridgehead atoms. The maximum absolute atomic E-state index is 12.3. The molecule has 1 N–H and O–H groups in total. The summed E-state index contributed by atoms with van der Waals surface area (Å²) in [5.41, 5.74) is 2.03. The van der Waals surface area contributed by atoms with Gasteiger partial charge in [0.1, 0.15) is 0 Å². The molecule has 1 aromatic carbocycles. The zero-order chi connectivity index (χ0) is 15.7. The van der Waals surface area contributed by atoms with Crippen LogP contribution in [-0.4, -0.2) is 36.0 Å². The largest absolute Gasteiger partial charge is 0.453 e. The quantitative estimate of drug-likeness (QED) is 0.942. The van der Waals surface area contributed by atoms with Gasteiger partial charge in [0, 0.05) is 24.8 Å². The standard InChI is InChI=1S/C16H16N2O4/c1-22-16(21)17-9-8-11-10-4-2-3-5-12(10)18-14(20)7-6-13(19)15(11)18/h2-5H,6-9H2,1H3,(H,17,21). The molecule has 6 nitrogen and oxygen atoms in total. The Kier molecular flexibility index (Phi) is 3.66. The molecule has 0 fully saturated rings. The highest BCUT2D eigenvalue weighted by Gasteiger charge is 2.29. The van der Waals surface area contributed by atoms with Crippen LogP contribution in [0.5, 0.6) is 0 Å². The highest BCUT2D eigenvalue weighted by Crippen LogP contribution is 2.30. The van der Waals surface area contributed by atoms with Crippen molar-refractivity contribution in [3.8, 4) is 0 Å². The van der Waals surface area contributed by atoms with Crippen molar-refractivity contribution >= 4 is 28.7 Å². The van der Waals surface area contributed by atoms with Gasteiger partial charge in [0.2, 0.25) is 5.91 Å². The Hall–Kier alpha value is -2.63. The van der Waals surface area contributed by atoms with Crippen molar-refractivity contribution in [2.75, 3.05) is 13.7 Å². The molecule has 1 aliphatic heterocycles. The first-order chi connectivity index (χ1) is 10.6. The van der Waals surface area contributed by atoms with Crippen LogP contribution in [0, 0.1) is 0 Å². The predicted molar refractivity (Wildman–Crippen MR) is 80.2 cm³/mol. The van der Waals surface area contributed by atoms with Gasteiger partial charge in [0.05, 0.1) is 18.3 Å². The average molecular weight is 300 g/mol. The first kappa shape index (κ1) is 14.3. The van der Waals surface area contributed by atoms with Crippen molar-refractivity contribution in [2.24, 2.45) is 0 Å². The second-order valence-corrected chi connectivity index (χ2v) is 5.16. The summed E-state index contributed by atoms with van der Waals surface area (Å²) < 4.78 is 6.05. The average Bonchev–Trinajstić information content (AvgIpc) is 2.87. The lowest BCUT2D eigenvalue weighted by Gasteiger charge is -2.15. The number of rotatable bonds is 3. The third-order valence-electron chi connectivity index (χ3n) is 3.89. The van der Waals surface area contributed by atoms with E-state index >= 15 is 0 Å². The van der Waals surface area contributed by atoms with Gasteiger partial charge in [-0.15, -0.1) is 0 Å². The van der Waals surface area contributed by atoms with Crippen molar-refractivity contribution in [3.05, 3.63) is 35.5 Å². The van der Waals surface area contributed by atoms with E-state index < -0.39 is 6.09 Å². The van der Waals surface area contributed by atoms with Gasteiger partial charge in [-0.3, -0.25) is 14.2 Å². The Morgan fingerprint density at radius 3 is 2.82 bits per heavy atom. The molecule has 114 valence electrons. The monoisotopic (exact) mass is 300 g/mol. The second-order valence-electron chi connectivity index (χ2n) is 5.16. The number of nitrogens with one attached hydrogen (secondary N) is 1. The normalized spacial score (nSPS) is 14.0. The summed E-state index contributed by atoms with van der Waals surface area (Å²) in [6.07, 6.45) is 0.438. The van der Waals surface area contributed by atoms with Gasteiger partial charge in [0.25, 0.3) is 0 Å². The number of hydrogen-bond acceptors (Lipinski definition) is 4. The Morgan fingerprint density at radius 1 is 1.27 bits per heavy atom. The lowest BCUT2D eigenvalue weighted by molar-refractivity contribution is 0.0820. The number of nitrogens with zero attached hydrogens (tertiary/aromatic N) is 1. The lowest BCUT2D eigenvalue weighted by Crippen LogP contribution is -2.27. The fourth-order valence-electron chi connectivity index (χ4n) is 2.92. The summed E-state index contributed by atoms with van der Waals surface area (Å²) in [5.74, 6) is -0.0816. The van der Waals surface area contributed by atoms with E-state index in [9.17, 15) is 14.4 Å². The van der Waals surface area contributed by atoms with Gasteiger partial charge in [-0.1, -0.05) is 18.2 Å². The van der Waals surface area contributed by atoms with Crippen molar-refractivity contribution in [2.45, 2.75) is 19.3 Å². The number of amides is 1. The fraction of sp³-hybridized carbons (Fsp3) is 0.312. The maximum Gasteiger partial charge on any atom is 0.406 e. The molecule has 1 amide bonds. The SMILES string of the molecule is COC(=O)NCCc1c2n(c3ccccc13)C(=O)CCC2=O. The van der Waals surface area contributed by atoms with E-state index in [4.69, 9.17) is 0 Å². The van der Waals surface area contributed by atoms with E-state index in [0.29, 0.717) is 18.7 Å². The Bertz CT molecular complexity index is 776. The van der Waals surface area contributed by atoms with E-state index in [1.165, 1.54) is 11.7 Å². The lowest BCUT2D eigenvalue weighted by atomic mass is 10.0. The third kappa shape index (κ3) is 2.26. The van der Waals surface area contributed by atoms with Crippen LogP contribution < -0.4 is 5.32 Å². The molecule has 0 saturated heterocycles. The molecular weight excluding hydrogens is 284 g/mol. The number of methoxy groups -OCH3 is 1. The zero-order valence-electron chi connectivity index (χ0n) is 12.2. The van der Waals surface area contributed by atoms with Gasteiger partial charge in [-0.2, -0.15) is 0 Å². The maximum atomic E-state index is 12.3. The van der Waals surface area contributed by atoms with Gasteiger partial charge < -0.3 is 10.1 Å². The number of carbonyl (C=O) groups excluding carboxylic acids is 3. The Balaban J connectivity index is 2.05. The van der Waals surface area contributed by atoms with E-state index in [2.05, 4.69) is 10.1 Å². The van der Waals surface area contributed by atoms with Crippen LogP contribution in [0.1, 0.15) is 33.7 Å². The van der Waals surface area contributed by atoms with E-state index in [0.717, 1.165) is 16.5 Å². The molecule has 6 heteroatoms. The predicted octanol–water partition coefficient (Wildman–Crippen LogP) is 2.16. The van der Waals surface area contributed by atoms with Crippen LogP contribution in [-0.2, 0) is 11.2 Å². The van der Waals surface area contributed by atoms with Crippen LogP contribution in [0.25, 0.3) is 10.9 Å². The molecule has 1 aromatic heterocycles. The molecule has 2 heterocycles. The topological polar surface area (TPSA) is 77.4 Å². The number of carbonyl (C=O) groups is 3. The van der Waals surface area contributed by atoms with Crippen molar-refractivity contribution in [1.82, 2.24) is 9.88 Å². The van der Waals surface area contributed by atoms with Crippen LogP contribution in [0.15, 0.2) is 24.3 Å². The van der Waals surface area contributed by atoms with Crippen molar-refractivity contribution in [1.29, 1.82) is 0 Å². The Morgan fingerprint density at radius 2 is 2.05 bits per heavy atom. The van der Waals surface area contributed by atoms with Gasteiger partial charge in [0.15, 0.2) is 5.78 Å². The summed E-state index contributed by atoms with van der Waals surface area (Å²) >= 11 is 0. The molecule has 0 spiro atoms. The summed E-state index contributed by atoms with van der Waals surface area (Å²) in [4.78, 5) is 35.6. The van der Waals surface area contributed by atoms with E-state index in [1.54, 1.807) is 0 Å². The van der Waals surface area contributed by atoms with Gasteiger partial charge in [-0.05, 0) is 18.1 Å². The molecule has 3 rings (SSSR count). The van der Waals surface area contributed by atoms with Crippen molar-refractivity contribution < 1.29 is 19.1 Å². The number of hydrogen-bond donors (Lipinski definition) is 1. The van der Waals surface area contributed by atoms with Crippen LogP contribution in [0.2, 0.25) is 0 Å². The van der Waals surface area contributed by atoms with Crippen LogP contribution >= 0.6 is 0 Å². The fourth-order valence-corrected chi connectivity index (χ4v) is 2.92. The van der Waals surface area contributed by atoms with Crippen LogP contribution in [0.3, 0.4) is 0 Å². The molecule has 1 aliphatic rings. The highest BCUT2D eigenvalue weighted by molar-refractivity contribution is 6.11. The minimum absolute atomic E-state index is 0.0242. The molecule has 0 aliphatic carbocycles. The van der Waals surface area contributed by atoms with Gasteiger partial charge in [-0.25, -0.2) is 4.79 Å². The number of Topliss-reactive ketones (excluding diaryl/α,β-unsaturated/α-hetero) is 1. The summed E-state index contributed by atoms with van der Waals surface area (Å²) in [6, 6.07) is 7.46. The molecule has 2 aromatic rings. The van der Waals surface area contributed by atoms with E-state index in [-0.39, 0.29) is 24.5 Å².